The van der Waals surface area contributed by atoms with Crippen LogP contribution in [-0.2, 0) is 11.8 Å². The zero-order valence-electron chi connectivity index (χ0n) is 12.5. The van der Waals surface area contributed by atoms with Crippen molar-refractivity contribution >= 4 is 17.5 Å². The van der Waals surface area contributed by atoms with E-state index in [1.165, 1.54) is 10.9 Å². The van der Waals surface area contributed by atoms with Crippen molar-refractivity contribution in [2.75, 3.05) is 26.3 Å². The molecule has 7 nitrogen and oxygen atoms in total. The summed E-state index contributed by atoms with van der Waals surface area (Å²) >= 11 is 6.00. The lowest BCUT2D eigenvalue weighted by molar-refractivity contribution is -0.0566. The molecule has 2 fully saturated rings. The number of aliphatic hydroxyl groups is 1. The number of amides is 1. The molecular weight excluding hydrogens is 308 g/mol. The number of ether oxygens (including phenoxy) is 1. The maximum absolute atomic E-state index is 12.3. The van der Waals surface area contributed by atoms with Gasteiger partial charge in [0.15, 0.2) is 0 Å². The van der Waals surface area contributed by atoms with E-state index in [9.17, 15) is 4.79 Å². The van der Waals surface area contributed by atoms with Gasteiger partial charge in [-0.2, -0.15) is 5.10 Å². The normalized spacial score (nSPS) is 28.6. The molecule has 0 saturated carbocycles. The molecule has 22 heavy (non-hydrogen) atoms. The Kier molecular flexibility index (Phi) is 4.67. The van der Waals surface area contributed by atoms with Gasteiger partial charge in [0.25, 0.3) is 5.91 Å². The molecule has 3 heterocycles. The summed E-state index contributed by atoms with van der Waals surface area (Å²) in [6, 6.07) is 0.419. The van der Waals surface area contributed by atoms with Gasteiger partial charge in [0.2, 0.25) is 0 Å². The van der Waals surface area contributed by atoms with E-state index >= 15 is 0 Å². The van der Waals surface area contributed by atoms with Crippen molar-refractivity contribution < 1.29 is 14.6 Å². The van der Waals surface area contributed by atoms with E-state index in [-0.39, 0.29) is 24.7 Å². The van der Waals surface area contributed by atoms with Crippen LogP contribution in [0.25, 0.3) is 0 Å². The molecule has 8 heteroatoms. The number of fused-ring (bicyclic) bond motifs is 1. The highest BCUT2D eigenvalue weighted by molar-refractivity contribution is 6.33. The van der Waals surface area contributed by atoms with E-state index < -0.39 is 0 Å². The Hall–Kier alpha value is -1.15. The fourth-order valence-corrected chi connectivity index (χ4v) is 3.54. The monoisotopic (exact) mass is 328 g/mol. The largest absolute Gasteiger partial charge is 0.396 e. The summed E-state index contributed by atoms with van der Waals surface area (Å²) in [6.45, 7) is 2.41. The minimum Gasteiger partial charge on any atom is -0.396 e. The summed E-state index contributed by atoms with van der Waals surface area (Å²) in [5.74, 6) is -0.192. The van der Waals surface area contributed by atoms with Gasteiger partial charge in [-0.15, -0.1) is 0 Å². The summed E-state index contributed by atoms with van der Waals surface area (Å²) in [4.78, 5) is 14.7. The number of nitrogens with zero attached hydrogens (tertiary/aromatic N) is 3. The molecule has 1 aromatic heterocycles. The van der Waals surface area contributed by atoms with Crippen LogP contribution in [0.1, 0.15) is 23.3 Å². The number of morpholine rings is 1. The predicted octanol–water partition coefficient (Wildman–Crippen LogP) is 0.0274. The van der Waals surface area contributed by atoms with Gasteiger partial charge in [0.05, 0.1) is 23.9 Å². The molecule has 2 aliphatic heterocycles. The fraction of sp³-hybridized carbons (Fsp3) is 0.714. The summed E-state index contributed by atoms with van der Waals surface area (Å²) in [5, 5.41) is 16.4. The number of aromatic nitrogens is 2. The Bertz CT molecular complexity index is 531. The summed E-state index contributed by atoms with van der Waals surface area (Å²) in [5.41, 5.74) is 0.390. The van der Waals surface area contributed by atoms with Gasteiger partial charge in [-0.05, 0) is 12.8 Å². The first-order valence-corrected chi connectivity index (χ1v) is 7.91. The number of hydrogen-bond donors (Lipinski definition) is 2. The van der Waals surface area contributed by atoms with E-state index in [1.807, 2.05) is 0 Å². The maximum Gasteiger partial charge on any atom is 0.271 e. The molecule has 1 aromatic rings. The van der Waals surface area contributed by atoms with Crippen LogP contribution < -0.4 is 5.32 Å². The number of carbonyl (C=O) groups excluding carboxylic acids is 1. The van der Waals surface area contributed by atoms with Gasteiger partial charge in [-0.25, -0.2) is 0 Å². The van der Waals surface area contributed by atoms with Crippen LogP contribution in [0.2, 0.25) is 5.02 Å². The van der Waals surface area contributed by atoms with Gasteiger partial charge in [0, 0.05) is 38.8 Å². The van der Waals surface area contributed by atoms with Crippen LogP contribution in [0.3, 0.4) is 0 Å². The van der Waals surface area contributed by atoms with Crippen molar-refractivity contribution in [2.45, 2.75) is 31.0 Å². The van der Waals surface area contributed by atoms with Gasteiger partial charge in [-0.1, -0.05) is 11.6 Å². The lowest BCUT2D eigenvalue weighted by Gasteiger charge is -2.34. The molecule has 0 aliphatic carbocycles. The first kappa shape index (κ1) is 15.7. The van der Waals surface area contributed by atoms with Gasteiger partial charge >= 0.3 is 0 Å². The van der Waals surface area contributed by atoms with Crippen molar-refractivity contribution in [2.24, 2.45) is 7.05 Å². The highest BCUT2D eigenvalue weighted by Crippen LogP contribution is 2.25. The topological polar surface area (TPSA) is 79.6 Å². The molecule has 2 N–H and O–H groups in total. The van der Waals surface area contributed by atoms with E-state index in [2.05, 4.69) is 15.3 Å². The third kappa shape index (κ3) is 3.12. The lowest BCUT2D eigenvalue weighted by atomic mass is 10.1. The van der Waals surface area contributed by atoms with Crippen LogP contribution in [-0.4, -0.2) is 70.2 Å². The van der Waals surface area contributed by atoms with Crippen molar-refractivity contribution in [1.29, 1.82) is 0 Å². The minimum absolute atomic E-state index is 0.0833. The predicted molar refractivity (Wildman–Crippen MR) is 80.9 cm³/mol. The standard InChI is InChI=1S/C14H21ClN4O3/c1-18-13(12(15)5-16-18)14(21)17-9-4-10-8-22-11(2-3-20)7-19(10)6-9/h5,9-11,20H,2-4,6-8H2,1H3,(H,17,21)/t9-,10-,11-/m0/s1. The molecule has 3 atom stereocenters. The average molecular weight is 329 g/mol. The molecule has 0 spiro atoms. The second kappa shape index (κ2) is 6.54. The molecule has 2 aliphatic rings. The molecule has 3 rings (SSSR count). The van der Waals surface area contributed by atoms with Crippen molar-refractivity contribution in [3.8, 4) is 0 Å². The van der Waals surface area contributed by atoms with Crippen LogP contribution >= 0.6 is 11.6 Å². The number of carbonyl (C=O) groups is 1. The molecule has 0 unspecified atom stereocenters. The molecular formula is C14H21ClN4O3. The van der Waals surface area contributed by atoms with Crippen LogP contribution in [0.15, 0.2) is 6.20 Å². The van der Waals surface area contributed by atoms with E-state index in [4.69, 9.17) is 21.4 Å². The van der Waals surface area contributed by atoms with Crippen LogP contribution in [0.5, 0.6) is 0 Å². The summed E-state index contributed by atoms with van der Waals surface area (Å²) < 4.78 is 7.23. The Morgan fingerprint density at radius 1 is 1.59 bits per heavy atom. The number of aliphatic hydroxyl groups excluding tert-OH is 1. The number of halogens is 1. The number of nitrogens with one attached hydrogen (secondary N) is 1. The number of aryl methyl sites for hydroxylation is 1. The Morgan fingerprint density at radius 3 is 3.09 bits per heavy atom. The lowest BCUT2D eigenvalue weighted by Crippen LogP contribution is -2.46. The minimum atomic E-state index is -0.192. The van der Waals surface area contributed by atoms with Crippen molar-refractivity contribution in [3.05, 3.63) is 16.9 Å². The van der Waals surface area contributed by atoms with E-state index in [0.717, 1.165) is 19.5 Å². The van der Waals surface area contributed by atoms with Gasteiger partial charge in [0.1, 0.15) is 5.69 Å². The van der Waals surface area contributed by atoms with Crippen LogP contribution in [0, 0.1) is 0 Å². The molecule has 1 amide bonds. The fourth-order valence-electron chi connectivity index (χ4n) is 3.29. The molecule has 0 bridgehead atoms. The van der Waals surface area contributed by atoms with Crippen molar-refractivity contribution in [1.82, 2.24) is 20.0 Å². The second-order valence-electron chi connectivity index (χ2n) is 5.95. The highest BCUT2D eigenvalue weighted by Gasteiger charge is 2.38. The summed E-state index contributed by atoms with van der Waals surface area (Å²) in [6.07, 6.45) is 3.09. The van der Waals surface area contributed by atoms with Crippen LogP contribution in [0.4, 0.5) is 0 Å². The Balaban J connectivity index is 1.58. The third-order valence-electron chi connectivity index (χ3n) is 4.39. The molecule has 122 valence electrons. The quantitative estimate of drug-likeness (QED) is 0.815. The number of rotatable bonds is 4. The molecule has 2 saturated heterocycles. The Labute approximate surface area is 134 Å². The van der Waals surface area contributed by atoms with Gasteiger partial charge in [-0.3, -0.25) is 14.4 Å². The SMILES string of the molecule is Cn1ncc(Cl)c1C(=O)N[C@H]1C[C@H]2CO[C@@H](CCO)CN2C1. The maximum atomic E-state index is 12.3. The highest BCUT2D eigenvalue weighted by atomic mass is 35.5. The first-order chi connectivity index (χ1) is 10.6. The smallest absolute Gasteiger partial charge is 0.271 e. The Morgan fingerprint density at radius 2 is 2.41 bits per heavy atom. The summed E-state index contributed by atoms with van der Waals surface area (Å²) in [7, 11) is 1.70. The molecule has 0 radical (unpaired) electrons. The zero-order chi connectivity index (χ0) is 15.7. The first-order valence-electron chi connectivity index (χ1n) is 7.53. The third-order valence-corrected chi connectivity index (χ3v) is 4.66. The van der Waals surface area contributed by atoms with E-state index in [0.29, 0.717) is 29.8 Å². The van der Waals surface area contributed by atoms with Crippen molar-refractivity contribution in [3.63, 3.8) is 0 Å². The second-order valence-corrected chi connectivity index (χ2v) is 6.35. The number of hydrogen-bond acceptors (Lipinski definition) is 5. The zero-order valence-corrected chi connectivity index (χ0v) is 13.3. The average Bonchev–Trinajstić information content (AvgIpc) is 3.01. The van der Waals surface area contributed by atoms with Gasteiger partial charge < -0.3 is 15.2 Å². The van der Waals surface area contributed by atoms with E-state index in [1.54, 1.807) is 7.05 Å². The molecule has 0 aromatic carbocycles.